The third-order valence-corrected chi connectivity index (χ3v) is 3.46. The molecule has 0 radical (unpaired) electrons. The van der Waals surface area contributed by atoms with Crippen molar-refractivity contribution >= 4 is 27.6 Å². The maximum Gasteiger partial charge on any atom is 0.394 e. The highest BCUT2D eigenvalue weighted by Crippen LogP contribution is 2.18. The predicted molar refractivity (Wildman–Crippen MR) is 71.4 cm³/mol. The Morgan fingerprint density at radius 2 is 1.90 bits per heavy atom. The largest absolute Gasteiger partial charge is 0.472 e. The number of nitro benzene ring substituents is 1. The van der Waals surface area contributed by atoms with Crippen LogP contribution in [0.25, 0.3) is 0 Å². The standard InChI is InChI=1S/C11H12N2O7S/c1-3-20-10(11(14)19-2)12-21(17,18)9-6-4-8(5-7-9)13(15)16/h4-7H,3H2,1-2H3/b12-10-. The Labute approximate surface area is 120 Å². The summed E-state index contributed by atoms with van der Waals surface area (Å²) in [5.41, 5.74) is -0.268. The van der Waals surface area contributed by atoms with E-state index in [-0.39, 0.29) is 17.2 Å². The molecule has 0 bridgehead atoms. The van der Waals surface area contributed by atoms with Crippen LogP contribution in [-0.4, -0.2) is 38.9 Å². The zero-order valence-electron chi connectivity index (χ0n) is 11.2. The minimum Gasteiger partial charge on any atom is -0.472 e. The highest BCUT2D eigenvalue weighted by atomic mass is 32.2. The van der Waals surface area contributed by atoms with Gasteiger partial charge in [0.2, 0.25) is 0 Å². The molecule has 21 heavy (non-hydrogen) atoms. The molecule has 0 amide bonds. The molecule has 0 unspecified atom stereocenters. The van der Waals surface area contributed by atoms with Crippen molar-refractivity contribution in [3.63, 3.8) is 0 Å². The summed E-state index contributed by atoms with van der Waals surface area (Å²) in [6, 6.07) is 4.05. The van der Waals surface area contributed by atoms with Crippen LogP contribution in [0.4, 0.5) is 5.69 Å². The van der Waals surface area contributed by atoms with Crippen LogP contribution in [0.2, 0.25) is 0 Å². The molecule has 0 aromatic heterocycles. The first-order chi connectivity index (χ1) is 9.81. The van der Waals surface area contributed by atoms with Gasteiger partial charge in [-0.2, -0.15) is 8.42 Å². The Hall–Kier alpha value is -2.49. The molecule has 0 atom stereocenters. The fourth-order valence-electron chi connectivity index (χ4n) is 1.25. The molecule has 0 saturated carbocycles. The van der Waals surface area contributed by atoms with Crippen molar-refractivity contribution in [3.05, 3.63) is 34.4 Å². The van der Waals surface area contributed by atoms with Gasteiger partial charge in [0.15, 0.2) is 0 Å². The van der Waals surface area contributed by atoms with Crippen molar-refractivity contribution in [1.82, 2.24) is 0 Å². The second-order valence-corrected chi connectivity index (χ2v) is 5.15. The van der Waals surface area contributed by atoms with Crippen LogP contribution in [0.5, 0.6) is 0 Å². The van der Waals surface area contributed by atoms with Crippen molar-refractivity contribution in [1.29, 1.82) is 0 Å². The van der Waals surface area contributed by atoms with Crippen molar-refractivity contribution in [2.24, 2.45) is 4.40 Å². The van der Waals surface area contributed by atoms with Gasteiger partial charge < -0.3 is 9.47 Å². The summed E-state index contributed by atoms with van der Waals surface area (Å²) in [5.74, 6) is -1.75. The van der Waals surface area contributed by atoms with Crippen molar-refractivity contribution < 1.29 is 27.6 Å². The SMILES string of the molecule is CCO/C(=N\S(=O)(=O)c1ccc([N+](=O)[O-])cc1)C(=O)OC. The maximum absolute atomic E-state index is 12.0. The summed E-state index contributed by atoms with van der Waals surface area (Å²) < 4.78 is 36.3. The van der Waals surface area contributed by atoms with E-state index < -0.39 is 26.8 Å². The van der Waals surface area contributed by atoms with E-state index >= 15 is 0 Å². The second-order valence-electron chi connectivity index (χ2n) is 3.55. The molecule has 0 fully saturated rings. The molecule has 0 saturated heterocycles. The molecule has 10 heteroatoms. The van der Waals surface area contributed by atoms with Gasteiger partial charge in [0.05, 0.1) is 23.5 Å². The first-order valence-electron chi connectivity index (χ1n) is 5.62. The monoisotopic (exact) mass is 316 g/mol. The van der Waals surface area contributed by atoms with Crippen LogP contribution in [0, 0.1) is 10.1 Å². The predicted octanol–water partition coefficient (Wildman–Crippen LogP) is 0.892. The number of hydrogen-bond donors (Lipinski definition) is 0. The number of rotatable bonds is 4. The van der Waals surface area contributed by atoms with E-state index in [4.69, 9.17) is 4.74 Å². The van der Waals surface area contributed by atoms with E-state index in [1.165, 1.54) is 6.92 Å². The van der Waals surface area contributed by atoms with Gasteiger partial charge in [-0.15, -0.1) is 4.40 Å². The summed E-state index contributed by atoms with van der Waals surface area (Å²) in [7, 11) is -3.19. The third kappa shape index (κ3) is 4.24. The molecule has 1 rings (SSSR count). The number of nitro groups is 1. The molecule has 0 spiro atoms. The van der Waals surface area contributed by atoms with Gasteiger partial charge >= 0.3 is 11.9 Å². The van der Waals surface area contributed by atoms with Crippen LogP contribution in [0.3, 0.4) is 0 Å². The number of carbonyl (C=O) groups is 1. The maximum atomic E-state index is 12.0. The highest BCUT2D eigenvalue weighted by Gasteiger charge is 2.21. The minimum absolute atomic E-state index is 0.0176. The summed E-state index contributed by atoms with van der Waals surface area (Å²) >= 11 is 0. The molecular formula is C11H12N2O7S. The zero-order valence-corrected chi connectivity index (χ0v) is 12.0. The molecule has 9 nitrogen and oxygen atoms in total. The minimum atomic E-state index is -4.24. The third-order valence-electron chi connectivity index (χ3n) is 2.19. The van der Waals surface area contributed by atoms with E-state index in [1.807, 2.05) is 0 Å². The van der Waals surface area contributed by atoms with Gasteiger partial charge in [-0.3, -0.25) is 10.1 Å². The van der Waals surface area contributed by atoms with Gasteiger partial charge in [-0.1, -0.05) is 0 Å². The quantitative estimate of drug-likeness (QED) is 0.265. The number of benzene rings is 1. The van der Waals surface area contributed by atoms with Crippen LogP contribution < -0.4 is 0 Å². The molecule has 0 N–H and O–H groups in total. The van der Waals surface area contributed by atoms with Gasteiger partial charge in [0.25, 0.3) is 15.7 Å². The Morgan fingerprint density at radius 3 is 2.33 bits per heavy atom. The summed E-state index contributed by atoms with van der Waals surface area (Å²) in [4.78, 5) is 20.8. The number of sulfonamides is 1. The van der Waals surface area contributed by atoms with E-state index in [0.29, 0.717) is 0 Å². The van der Waals surface area contributed by atoms with Gasteiger partial charge in [-0.05, 0) is 19.1 Å². The van der Waals surface area contributed by atoms with Crippen LogP contribution in [-0.2, 0) is 24.3 Å². The van der Waals surface area contributed by atoms with Crippen LogP contribution in [0.1, 0.15) is 6.92 Å². The van der Waals surface area contributed by atoms with E-state index in [9.17, 15) is 23.3 Å². The number of carbonyl (C=O) groups excluding carboxylic acids is 1. The molecule has 1 aromatic carbocycles. The van der Waals surface area contributed by atoms with E-state index in [1.54, 1.807) is 0 Å². The molecule has 114 valence electrons. The summed E-state index contributed by atoms with van der Waals surface area (Å²) in [6.07, 6.45) is 0. The fourth-order valence-corrected chi connectivity index (χ4v) is 2.18. The fraction of sp³-hybridized carbons (Fsp3) is 0.273. The first kappa shape index (κ1) is 16.6. The molecule has 0 aliphatic rings. The molecule has 0 aliphatic heterocycles. The average Bonchev–Trinajstić information content (AvgIpc) is 2.45. The Kier molecular flexibility index (Phi) is 5.36. The van der Waals surface area contributed by atoms with E-state index in [0.717, 1.165) is 31.4 Å². The normalized spacial score (nSPS) is 11.8. The van der Waals surface area contributed by atoms with Gasteiger partial charge in [0, 0.05) is 12.1 Å². The smallest absolute Gasteiger partial charge is 0.394 e. The highest BCUT2D eigenvalue weighted by molar-refractivity contribution is 7.90. The number of ether oxygens (including phenoxy) is 2. The summed E-state index contributed by atoms with van der Waals surface area (Å²) in [5, 5.41) is 10.5. The number of hydrogen-bond acceptors (Lipinski definition) is 7. The van der Waals surface area contributed by atoms with Gasteiger partial charge in [0.1, 0.15) is 0 Å². The lowest BCUT2D eigenvalue weighted by atomic mass is 10.3. The Balaban J connectivity index is 3.19. The number of methoxy groups -OCH3 is 1. The van der Waals surface area contributed by atoms with Crippen molar-refractivity contribution in [2.45, 2.75) is 11.8 Å². The Bertz CT molecular complexity index is 664. The second kappa shape index (κ2) is 6.79. The lowest BCUT2D eigenvalue weighted by molar-refractivity contribution is -0.384. The van der Waals surface area contributed by atoms with Crippen molar-refractivity contribution in [2.75, 3.05) is 13.7 Å². The van der Waals surface area contributed by atoms with Crippen molar-refractivity contribution in [3.8, 4) is 0 Å². The Morgan fingerprint density at radius 1 is 1.33 bits per heavy atom. The molecule has 1 aromatic rings. The molecular weight excluding hydrogens is 304 g/mol. The number of esters is 1. The molecule has 0 heterocycles. The lowest BCUT2D eigenvalue weighted by Gasteiger charge is -2.05. The first-order valence-corrected chi connectivity index (χ1v) is 7.06. The zero-order chi connectivity index (χ0) is 16.0. The van der Waals surface area contributed by atoms with Crippen LogP contribution in [0.15, 0.2) is 33.6 Å². The number of non-ortho nitro benzene ring substituents is 1. The van der Waals surface area contributed by atoms with Gasteiger partial charge in [-0.25, -0.2) is 4.79 Å². The molecule has 0 aliphatic carbocycles. The van der Waals surface area contributed by atoms with Crippen LogP contribution >= 0.6 is 0 Å². The average molecular weight is 316 g/mol. The topological polar surface area (TPSA) is 125 Å². The summed E-state index contributed by atoms with van der Waals surface area (Å²) in [6.45, 7) is 1.56. The lowest BCUT2D eigenvalue weighted by Crippen LogP contribution is -2.21. The number of nitrogens with zero attached hydrogens (tertiary/aromatic N) is 2. The van der Waals surface area contributed by atoms with E-state index in [2.05, 4.69) is 9.13 Å².